The first-order valence-electron chi connectivity index (χ1n) is 6.18. The van der Waals surface area contributed by atoms with Crippen LogP contribution in [0.2, 0.25) is 0 Å². The Balaban J connectivity index is 1.84. The number of benzene rings is 1. The number of hydrogen-bond donors (Lipinski definition) is 1. The fourth-order valence-corrected chi connectivity index (χ4v) is 2.49. The Morgan fingerprint density at radius 3 is 2.78 bits per heavy atom. The smallest absolute Gasteiger partial charge is 0.219 e. The summed E-state index contributed by atoms with van der Waals surface area (Å²) in [5.74, 6) is 0.163. The largest absolute Gasteiger partial charge is 0.367 e. The molecule has 5 heteroatoms. The van der Waals surface area contributed by atoms with Gasteiger partial charge in [-0.2, -0.15) is 5.10 Å². The average molecular weight is 244 g/mol. The molecule has 0 atom stereocenters. The van der Waals surface area contributed by atoms with Crippen molar-refractivity contribution in [3.05, 3.63) is 24.4 Å². The summed E-state index contributed by atoms with van der Waals surface area (Å²) in [6, 6.07) is 6.17. The van der Waals surface area contributed by atoms with Crippen LogP contribution in [-0.4, -0.2) is 47.2 Å². The molecule has 0 spiro atoms. The van der Waals surface area contributed by atoms with Gasteiger partial charge in [0.1, 0.15) is 0 Å². The van der Waals surface area contributed by atoms with Crippen LogP contribution in [0.5, 0.6) is 0 Å². The van der Waals surface area contributed by atoms with E-state index in [4.69, 9.17) is 0 Å². The van der Waals surface area contributed by atoms with Gasteiger partial charge >= 0.3 is 0 Å². The molecule has 1 aliphatic rings. The van der Waals surface area contributed by atoms with Crippen LogP contribution in [0, 0.1) is 0 Å². The minimum atomic E-state index is 0.163. The molecule has 0 radical (unpaired) electrons. The molecule has 0 saturated carbocycles. The highest BCUT2D eigenvalue weighted by molar-refractivity contribution is 5.91. The zero-order valence-corrected chi connectivity index (χ0v) is 10.4. The van der Waals surface area contributed by atoms with E-state index in [-0.39, 0.29) is 5.91 Å². The number of aromatic amines is 1. The van der Waals surface area contributed by atoms with Gasteiger partial charge in [-0.1, -0.05) is 6.07 Å². The first kappa shape index (κ1) is 11.1. The molecule has 1 saturated heterocycles. The lowest BCUT2D eigenvalue weighted by Gasteiger charge is -2.35. The molecular formula is C13H16N4O. The molecule has 1 aliphatic heterocycles. The molecule has 1 fully saturated rings. The van der Waals surface area contributed by atoms with E-state index >= 15 is 0 Å². The lowest BCUT2D eigenvalue weighted by atomic mass is 10.2. The van der Waals surface area contributed by atoms with E-state index in [1.807, 2.05) is 23.2 Å². The second kappa shape index (κ2) is 4.33. The molecule has 0 bridgehead atoms. The first-order chi connectivity index (χ1) is 8.75. The standard InChI is InChI=1S/C13H16N4O/c1-10(18)16-5-7-17(8-6-16)13-4-2-3-12-11(13)9-14-15-12/h2-4,9H,5-8H2,1H3,(H,14,15). The normalized spacial score (nSPS) is 16.3. The van der Waals surface area contributed by atoms with Crippen LogP contribution in [0.3, 0.4) is 0 Å². The number of nitrogens with zero attached hydrogens (tertiary/aromatic N) is 3. The maximum atomic E-state index is 11.3. The number of amides is 1. The molecule has 2 heterocycles. The molecule has 0 aliphatic carbocycles. The summed E-state index contributed by atoms with van der Waals surface area (Å²) in [6.45, 7) is 4.98. The highest BCUT2D eigenvalue weighted by Crippen LogP contribution is 2.26. The van der Waals surface area contributed by atoms with Gasteiger partial charge < -0.3 is 9.80 Å². The fraction of sp³-hybridized carbons (Fsp3) is 0.385. The molecule has 1 aromatic heterocycles. The van der Waals surface area contributed by atoms with Crippen LogP contribution in [0.25, 0.3) is 10.9 Å². The lowest BCUT2D eigenvalue weighted by Crippen LogP contribution is -2.48. The van der Waals surface area contributed by atoms with Crippen molar-refractivity contribution in [2.75, 3.05) is 31.1 Å². The molecule has 1 N–H and O–H groups in total. The third-order valence-corrected chi connectivity index (χ3v) is 3.53. The van der Waals surface area contributed by atoms with Gasteiger partial charge in [0.05, 0.1) is 11.7 Å². The van der Waals surface area contributed by atoms with Crippen LogP contribution < -0.4 is 4.90 Å². The van der Waals surface area contributed by atoms with E-state index < -0.39 is 0 Å². The second-order valence-electron chi connectivity index (χ2n) is 4.60. The minimum absolute atomic E-state index is 0.163. The predicted molar refractivity (Wildman–Crippen MR) is 70.6 cm³/mol. The van der Waals surface area contributed by atoms with Gasteiger partial charge in [0.15, 0.2) is 0 Å². The van der Waals surface area contributed by atoms with E-state index in [9.17, 15) is 4.79 Å². The molecule has 18 heavy (non-hydrogen) atoms. The SMILES string of the molecule is CC(=O)N1CCN(c2cccc3[nH]ncc23)CC1. The molecule has 1 aromatic carbocycles. The summed E-state index contributed by atoms with van der Waals surface area (Å²) in [7, 11) is 0. The topological polar surface area (TPSA) is 52.2 Å². The van der Waals surface area contributed by atoms with E-state index in [0.29, 0.717) is 0 Å². The van der Waals surface area contributed by atoms with E-state index in [1.54, 1.807) is 6.92 Å². The molecule has 0 unspecified atom stereocenters. The number of H-pyrrole nitrogens is 1. The summed E-state index contributed by atoms with van der Waals surface area (Å²) >= 11 is 0. The van der Waals surface area contributed by atoms with Gasteiger partial charge in [0, 0.05) is 44.2 Å². The molecular weight excluding hydrogens is 228 g/mol. The van der Waals surface area contributed by atoms with E-state index in [0.717, 1.165) is 37.1 Å². The number of hydrogen-bond acceptors (Lipinski definition) is 3. The molecule has 1 amide bonds. The van der Waals surface area contributed by atoms with Crippen molar-refractivity contribution >= 4 is 22.5 Å². The van der Waals surface area contributed by atoms with Crippen LogP contribution in [0.15, 0.2) is 24.4 Å². The van der Waals surface area contributed by atoms with Gasteiger partial charge in [-0.3, -0.25) is 9.89 Å². The highest BCUT2D eigenvalue weighted by atomic mass is 16.2. The number of fused-ring (bicyclic) bond motifs is 1. The zero-order valence-electron chi connectivity index (χ0n) is 10.4. The lowest BCUT2D eigenvalue weighted by molar-refractivity contribution is -0.129. The Kier molecular flexibility index (Phi) is 2.66. The highest BCUT2D eigenvalue weighted by Gasteiger charge is 2.20. The number of carbonyl (C=O) groups is 1. The van der Waals surface area contributed by atoms with Crippen LogP contribution in [0.1, 0.15) is 6.92 Å². The van der Waals surface area contributed by atoms with Gasteiger partial charge in [0.25, 0.3) is 0 Å². The van der Waals surface area contributed by atoms with Crippen LogP contribution >= 0.6 is 0 Å². The van der Waals surface area contributed by atoms with Gasteiger partial charge in [0.2, 0.25) is 5.91 Å². The van der Waals surface area contributed by atoms with Crippen molar-refractivity contribution in [1.29, 1.82) is 0 Å². The molecule has 5 nitrogen and oxygen atoms in total. The van der Waals surface area contributed by atoms with E-state index in [1.165, 1.54) is 5.69 Å². The summed E-state index contributed by atoms with van der Waals surface area (Å²) < 4.78 is 0. The summed E-state index contributed by atoms with van der Waals surface area (Å²) in [5, 5.41) is 8.22. The van der Waals surface area contributed by atoms with Crippen LogP contribution in [0.4, 0.5) is 5.69 Å². The Labute approximate surface area is 105 Å². The number of carbonyl (C=O) groups excluding carboxylic acids is 1. The van der Waals surface area contributed by atoms with Crippen molar-refractivity contribution in [3.8, 4) is 0 Å². The number of rotatable bonds is 1. The number of piperazine rings is 1. The minimum Gasteiger partial charge on any atom is -0.367 e. The summed E-state index contributed by atoms with van der Waals surface area (Å²) in [4.78, 5) is 15.5. The monoisotopic (exact) mass is 244 g/mol. The third kappa shape index (κ3) is 1.81. The predicted octanol–water partition coefficient (Wildman–Crippen LogP) is 1.23. The molecule has 94 valence electrons. The van der Waals surface area contributed by atoms with Gasteiger partial charge in [-0.25, -0.2) is 0 Å². The van der Waals surface area contributed by atoms with Crippen molar-refractivity contribution in [1.82, 2.24) is 15.1 Å². The van der Waals surface area contributed by atoms with Crippen molar-refractivity contribution in [2.45, 2.75) is 6.92 Å². The number of aromatic nitrogens is 2. The summed E-state index contributed by atoms with van der Waals surface area (Å²) in [5.41, 5.74) is 2.26. The molecule has 3 rings (SSSR count). The van der Waals surface area contributed by atoms with Crippen LogP contribution in [-0.2, 0) is 4.79 Å². The summed E-state index contributed by atoms with van der Waals surface area (Å²) in [6.07, 6.45) is 1.86. The first-order valence-corrected chi connectivity index (χ1v) is 6.18. The Morgan fingerprint density at radius 1 is 1.28 bits per heavy atom. The Bertz CT molecular complexity index is 569. The van der Waals surface area contributed by atoms with Gasteiger partial charge in [-0.05, 0) is 12.1 Å². The van der Waals surface area contributed by atoms with E-state index in [2.05, 4.69) is 21.2 Å². The maximum absolute atomic E-state index is 11.3. The molecule has 2 aromatic rings. The second-order valence-corrected chi connectivity index (χ2v) is 4.60. The van der Waals surface area contributed by atoms with Crippen molar-refractivity contribution in [2.24, 2.45) is 0 Å². The quantitative estimate of drug-likeness (QED) is 0.821. The Morgan fingerprint density at radius 2 is 2.06 bits per heavy atom. The zero-order chi connectivity index (χ0) is 12.5. The van der Waals surface area contributed by atoms with Gasteiger partial charge in [-0.15, -0.1) is 0 Å². The van der Waals surface area contributed by atoms with Crippen molar-refractivity contribution in [3.63, 3.8) is 0 Å². The fourth-order valence-electron chi connectivity index (χ4n) is 2.49. The number of anilines is 1. The maximum Gasteiger partial charge on any atom is 0.219 e. The van der Waals surface area contributed by atoms with Crippen molar-refractivity contribution < 1.29 is 4.79 Å². The average Bonchev–Trinajstić information content (AvgIpc) is 2.87. The Hall–Kier alpha value is -2.04. The number of nitrogens with one attached hydrogen (secondary N) is 1. The third-order valence-electron chi connectivity index (χ3n) is 3.53.